The second kappa shape index (κ2) is 1.96. The van der Waals surface area contributed by atoms with Gasteiger partial charge < -0.3 is 5.32 Å². The van der Waals surface area contributed by atoms with Crippen molar-refractivity contribution in [3.63, 3.8) is 0 Å². The van der Waals surface area contributed by atoms with Crippen molar-refractivity contribution in [3.05, 3.63) is 6.92 Å². The van der Waals surface area contributed by atoms with Crippen LogP contribution in [0.3, 0.4) is 0 Å². The number of aliphatic imine (C=N–C) groups is 1. The predicted molar refractivity (Wildman–Crippen MR) is 29.2 cm³/mol. The van der Waals surface area contributed by atoms with E-state index in [0.29, 0.717) is 6.42 Å². The molecule has 0 amide bonds. The van der Waals surface area contributed by atoms with Crippen molar-refractivity contribution in [2.24, 2.45) is 4.99 Å². The lowest BCUT2D eigenvalue weighted by molar-refractivity contribution is 0.955. The summed E-state index contributed by atoms with van der Waals surface area (Å²) in [6.45, 7) is 7.10. The Morgan fingerprint density at radius 2 is 2.71 bits per heavy atom. The molecule has 1 heterocycles. The first-order valence-electron chi connectivity index (χ1n) is 2.41. The lowest BCUT2D eigenvalue weighted by Gasteiger charge is -1.91. The van der Waals surface area contributed by atoms with Gasteiger partial charge in [0.25, 0.3) is 0 Å². The second-order valence-electron chi connectivity index (χ2n) is 1.46. The van der Waals surface area contributed by atoms with E-state index in [1.165, 1.54) is 0 Å². The molecule has 1 aliphatic rings. The molecule has 0 unspecified atom stereocenters. The van der Waals surface area contributed by atoms with Gasteiger partial charge in [0.05, 0.1) is 12.4 Å². The lowest BCUT2D eigenvalue weighted by atomic mass is 10.4. The molecule has 0 spiro atoms. The standard InChI is InChI=1S/C5H8N2/c1-2-5-6-3-4-7-5/h1H,2-4H2,(H,6,7). The second-order valence-corrected chi connectivity index (χ2v) is 1.46. The van der Waals surface area contributed by atoms with Crippen LogP contribution in [0.5, 0.6) is 0 Å². The van der Waals surface area contributed by atoms with Crippen molar-refractivity contribution < 1.29 is 0 Å². The topological polar surface area (TPSA) is 24.4 Å². The van der Waals surface area contributed by atoms with E-state index in [-0.39, 0.29) is 0 Å². The maximum atomic E-state index is 5.24. The monoisotopic (exact) mass is 96.1 g/mol. The number of nitrogens with one attached hydrogen (secondary N) is 1. The van der Waals surface area contributed by atoms with Gasteiger partial charge in [0.15, 0.2) is 0 Å². The van der Waals surface area contributed by atoms with Crippen LogP contribution < -0.4 is 5.32 Å². The molecule has 2 radical (unpaired) electrons. The van der Waals surface area contributed by atoms with Crippen molar-refractivity contribution in [1.29, 1.82) is 0 Å². The normalized spacial score (nSPS) is 18.7. The molecule has 0 aromatic rings. The minimum absolute atomic E-state index is 0.556. The Bertz CT molecular complexity index is 86.1. The number of hydrogen-bond acceptors (Lipinski definition) is 2. The zero-order valence-corrected chi connectivity index (χ0v) is 4.15. The van der Waals surface area contributed by atoms with Crippen molar-refractivity contribution in [3.8, 4) is 0 Å². The number of rotatable bonds is 1. The summed E-state index contributed by atoms with van der Waals surface area (Å²) in [5, 5.41) is 3.03. The SMILES string of the molecule is [CH]CC1=NCCN1. The molecular formula is C5H8N2. The molecule has 1 rings (SSSR count). The largest absolute Gasteiger partial charge is 0.372 e. The maximum absolute atomic E-state index is 5.24. The molecule has 7 heavy (non-hydrogen) atoms. The van der Waals surface area contributed by atoms with Gasteiger partial charge in [-0.25, -0.2) is 0 Å². The summed E-state index contributed by atoms with van der Waals surface area (Å²) in [5.41, 5.74) is 0. The Labute approximate surface area is 43.6 Å². The van der Waals surface area contributed by atoms with Crippen LogP contribution in [0.15, 0.2) is 4.99 Å². The van der Waals surface area contributed by atoms with Gasteiger partial charge in [0.2, 0.25) is 0 Å². The average Bonchev–Trinajstić information content (AvgIpc) is 2.14. The van der Waals surface area contributed by atoms with Crippen molar-refractivity contribution >= 4 is 5.84 Å². The molecule has 0 fully saturated rings. The Kier molecular flexibility index (Phi) is 1.29. The molecule has 38 valence electrons. The van der Waals surface area contributed by atoms with Gasteiger partial charge in [-0.15, -0.1) is 0 Å². The quantitative estimate of drug-likeness (QED) is 0.491. The van der Waals surface area contributed by atoms with E-state index < -0.39 is 0 Å². The molecule has 1 aliphatic heterocycles. The van der Waals surface area contributed by atoms with Crippen LogP contribution in [0.1, 0.15) is 6.42 Å². The van der Waals surface area contributed by atoms with Crippen LogP contribution in [0, 0.1) is 6.92 Å². The van der Waals surface area contributed by atoms with E-state index in [2.05, 4.69) is 10.3 Å². The molecule has 0 saturated heterocycles. The summed E-state index contributed by atoms with van der Waals surface area (Å²) in [6, 6.07) is 0. The van der Waals surface area contributed by atoms with E-state index in [0.717, 1.165) is 18.9 Å². The highest BCUT2D eigenvalue weighted by Gasteiger charge is 1.98. The Morgan fingerprint density at radius 3 is 3.00 bits per heavy atom. The molecule has 2 nitrogen and oxygen atoms in total. The number of amidine groups is 1. The highest BCUT2D eigenvalue weighted by atomic mass is 15.1. The number of nitrogens with zero attached hydrogens (tertiary/aromatic N) is 1. The first kappa shape index (κ1) is 4.62. The minimum atomic E-state index is 0.556. The molecule has 0 bridgehead atoms. The zero-order chi connectivity index (χ0) is 5.11. The van der Waals surface area contributed by atoms with Crippen LogP contribution in [0.25, 0.3) is 0 Å². The Morgan fingerprint density at radius 1 is 1.86 bits per heavy atom. The smallest absolute Gasteiger partial charge is 0.0967 e. The van der Waals surface area contributed by atoms with E-state index in [9.17, 15) is 0 Å². The van der Waals surface area contributed by atoms with Crippen LogP contribution in [-0.4, -0.2) is 18.9 Å². The lowest BCUT2D eigenvalue weighted by Crippen LogP contribution is -2.16. The third-order valence-corrected chi connectivity index (χ3v) is 0.937. The van der Waals surface area contributed by atoms with Gasteiger partial charge in [0.1, 0.15) is 0 Å². The zero-order valence-electron chi connectivity index (χ0n) is 4.15. The molecule has 0 aromatic carbocycles. The maximum Gasteiger partial charge on any atom is 0.0967 e. The fourth-order valence-corrected chi connectivity index (χ4v) is 0.584. The van der Waals surface area contributed by atoms with Gasteiger partial charge in [-0.1, -0.05) is 0 Å². The van der Waals surface area contributed by atoms with Crippen molar-refractivity contribution in [1.82, 2.24) is 5.32 Å². The van der Waals surface area contributed by atoms with Crippen molar-refractivity contribution in [2.45, 2.75) is 6.42 Å². The van der Waals surface area contributed by atoms with Gasteiger partial charge in [0, 0.05) is 13.0 Å². The Hall–Kier alpha value is -0.530. The van der Waals surface area contributed by atoms with E-state index >= 15 is 0 Å². The molecule has 0 aliphatic carbocycles. The molecule has 1 N–H and O–H groups in total. The van der Waals surface area contributed by atoms with E-state index in [1.54, 1.807) is 0 Å². The van der Waals surface area contributed by atoms with E-state index in [4.69, 9.17) is 6.92 Å². The Balaban J connectivity index is 2.36. The summed E-state index contributed by atoms with van der Waals surface area (Å²) >= 11 is 0. The fraction of sp³-hybridized carbons (Fsp3) is 0.600. The molecular weight excluding hydrogens is 88.1 g/mol. The molecule has 0 saturated carbocycles. The summed E-state index contributed by atoms with van der Waals surface area (Å²) in [6.07, 6.45) is 0.556. The predicted octanol–water partition coefficient (Wildman–Crippen LogP) is 0.0893. The van der Waals surface area contributed by atoms with Gasteiger partial charge in [-0.05, 0) is 6.92 Å². The first-order valence-corrected chi connectivity index (χ1v) is 2.41. The van der Waals surface area contributed by atoms with Gasteiger partial charge >= 0.3 is 0 Å². The fourth-order valence-electron chi connectivity index (χ4n) is 0.584. The molecule has 0 atom stereocenters. The number of hydrogen-bond donors (Lipinski definition) is 1. The highest BCUT2D eigenvalue weighted by molar-refractivity contribution is 5.83. The van der Waals surface area contributed by atoms with Crippen LogP contribution in [0.4, 0.5) is 0 Å². The van der Waals surface area contributed by atoms with Gasteiger partial charge in [-0.2, -0.15) is 0 Å². The van der Waals surface area contributed by atoms with Crippen LogP contribution >= 0.6 is 0 Å². The van der Waals surface area contributed by atoms with Gasteiger partial charge in [-0.3, -0.25) is 4.99 Å². The van der Waals surface area contributed by atoms with Crippen LogP contribution in [-0.2, 0) is 0 Å². The third kappa shape index (κ3) is 0.918. The molecule has 0 aromatic heterocycles. The molecule has 2 heteroatoms. The highest BCUT2D eigenvalue weighted by Crippen LogP contribution is 1.86. The third-order valence-electron chi connectivity index (χ3n) is 0.937. The summed E-state index contributed by atoms with van der Waals surface area (Å²) in [5.74, 6) is 0.944. The first-order chi connectivity index (χ1) is 3.43. The summed E-state index contributed by atoms with van der Waals surface area (Å²) in [4.78, 5) is 4.03. The van der Waals surface area contributed by atoms with E-state index in [1.807, 2.05) is 0 Å². The summed E-state index contributed by atoms with van der Waals surface area (Å²) in [7, 11) is 0. The van der Waals surface area contributed by atoms with Crippen LogP contribution in [0.2, 0.25) is 0 Å². The summed E-state index contributed by atoms with van der Waals surface area (Å²) < 4.78 is 0. The van der Waals surface area contributed by atoms with Crippen molar-refractivity contribution in [2.75, 3.05) is 13.1 Å². The minimum Gasteiger partial charge on any atom is -0.372 e. The average molecular weight is 96.1 g/mol.